The Labute approximate surface area is 149 Å². The average molecular weight is 345 g/mol. The van der Waals surface area contributed by atoms with Gasteiger partial charge < -0.3 is 24.0 Å². The second kappa shape index (κ2) is 7.89. The lowest BCUT2D eigenvalue weighted by molar-refractivity contribution is -0.0264. The number of hydrogen-bond donors (Lipinski definition) is 1. The number of benzene rings is 1. The van der Waals surface area contributed by atoms with Gasteiger partial charge in [-0.25, -0.2) is 4.98 Å². The van der Waals surface area contributed by atoms with E-state index >= 15 is 0 Å². The Hall–Kier alpha value is -2.05. The molecule has 0 unspecified atom stereocenters. The van der Waals surface area contributed by atoms with Crippen molar-refractivity contribution in [1.82, 2.24) is 14.5 Å². The molecule has 0 spiro atoms. The highest BCUT2D eigenvalue weighted by molar-refractivity contribution is 5.41. The van der Waals surface area contributed by atoms with Crippen LogP contribution in [-0.4, -0.2) is 53.4 Å². The number of methoxy groups -OCH3 is 2. The molecule has 0 radical (unpaired) electrons. The third kappa shape index (κ3) is 4.32. The van der Waals surface area contributed by atoms with Crippen LogP contribution in [0.4, 0.5) is 0 Å². The maximum atomic E-state index is 11.1. The zero-order valence-corrected chi connectivity index (χ0v) is 15.0. The maximum Gasteiger partial charge on any atom is 0.122 e. The highest BCUT2D eigenvalue weighted by Gasteiger charge is 2.34. The first-order valence-electron chi connectivity index (χ1n) is 8.77. The van der Waals surface area contributed by atoms with Gasteiger partial charge in [0.05, 0.1) is 26.1 Å². The first-order valence-corrected chi connectivity index (χ1v) is 8.77. The highest BCUT2D eigenvalue weighted by Crippen LogP contribution is 2.36. The molecule has 25 heavy (non-hydrogen) atoms. The Balaban J connectivity index is 1.56. The fraction of sp³-hybridized carbons (Fsp3) is 0.526. The lowest BCUT2D eigenvalue weighted by Crippen LogP contribution is -2.43. The number of rotatable bonds is 7. The van der Waals surface area contributed by atoms with E-state index in [0.717, 1.165) is 38.2 Å². The summed E-state index contributed by atoms with van der Waals surface area (Å²) in [6, 6.07) is 5.66. The van der Waals surface area contributed by atoms with Gasteiger partial charge >= 0.3 is 0 Å². The summed E-state index contributed by atoms with van der Waals surface area (Å²) in [7, 11) is 3.26. The van der Waals surface area contributed by atoms with Crippen LogP contribution in [0.2, 0.25) is 0 Å². The van der Waals surface area contributed by atoms with Crippen molar-refractivity contribution in [2.45, 2.75) is 31.4 Å². The predicted octanol–water partition coefficient (Wildman–Crippen LogP) is 2.27. The van der Waals surface area contributed by atoms with Crippen LogP contribution >= 0.6 is 0 Å². The molecule has 2 heterocycles. The van der Waals surface area contributed by atoms with Crippen LogP contribution in [0.3, 0.4) is 0 Å². The minimum absolute atomic E-state index is 0.713. The predicted molar refractivity (Wildman–Crippen MR) is 96.0 cm³/mol. The van der Waals surface area contributed by atoms with E-state index in [1.807, 2.05) is 36.9 Å². The van der Waals surface area contributed by atoms with Gasteiger partial charge in [-0.1, -0.05) is 0 Å². The number of piperidine rings is 1. The molecule has 6 nitrogen and oxygen atoms in total. The molecular formula is C19H27N3O3. The van der Waals surface area contributed by atoms with Gasteiger partial charge in [0.15, 0.2) is 0 Å². The number of hydrogen-bond acceptors (Lipinski definition) is 5. The molecule has 1 aromatic carbocycles. The number of aryl methyl sites for hydroxylation is 1. The first-order chi connectivity index (χ1) is 12.1. The monoisotopic (exact) mass is 345 g/mol. The minimum atomic E-state index is -0.817. The van der Waals surface area contributed by atoms with E-state index in [1.54, 1.807) is 14.2 Å². The van der Waals surface area contributed by atoms with Crippen molar-refractivity contribution in [3.8, 4) is 11.5 Å². The van der Waals surface area contributed by atoms with Gasteiger partial charge in [-0.05, 0) is 43.5 Å². The lowest BCUT2D eigenvalue weighted by Gasteiger charge is -2.38. The van der Waals surface area contributed by atoms with Crippen LogP contribution in [-0.2, 0) is 12.1 Å². The molecule has 1 aliphatic heterocycles. The summed E-state index contributed by atoms with van der Waals surface area (Å²) < 4.78 is 12.8. The quantitative estimate of drug-likeness (QED) is 0.834. The summed E-state index contributed by atoms with van der Waals surface area (Å²) >= 11 is 0. The maximum absolute atomic E-state index is 11.1. The van der Waals surface area contributed by atoms with Gasteiger partial charge in [0, 0.05) is 38.1 Å². The first kappa shape index (κ1) is 17.8. The second-order valence-corrected chi connectivity index (χ2v) is 6.63. The number of ether oxygens (including phenoxy) is 2. The zero-order chi connectivity index (χ0) is 17.7. The molecule has 1 aromatic heterocycles. The molecule has 0 saturated carbocycles. The van der Waals surface area contributed by atoms with Crippen LogP contribution in [0.15, 0.2) is 36.9 Å². The summed E-state index contributed by atoms with van der Waals surface area (Å²) in [6.07, 6.45) is 8.17. The van der Waals surface area contributed by atoms with Crippen molar-refractivity contribution < 1.29 is 14.6 Å². The van der Waals surface area contributed by atoms with Crippen molar-refractivity contribution >= 4 is 0 Å². The Bertz CT molecular complexity index is 642. The molecule has 0 atom stereocenters. The summed E-state index contributed by atoms with van der Waals surface area (Å²) in [5.41, 5.74) is 0.0598. The van der Waals surface area contributed by atoms with Gasteiger partial charge in [0.25, 0.3) is 0 Å². The molecular weight excluding hydrogens is 318 g/mol. The van der Waals surface area contributed by atoms with Gasteiger partial charge in [-0.15, -0.1) is 0 Å². The minimum Gasteiger partial charge on any atom is -0.497 e. The molecule has 1 saturated heterocycles. The van der Waals surface area contributed by atoms with E-state index < -0.39 is 5.60 Å². The largest absolute Gasteiger partial charge is 0.497 e. The van der Waals surface area contributed by atoms with Crippen LogP contribution in [0, 0.1) is 0 Å². The molecule has 1 aliphatic rings. The third-order valence-corrected chi connectivity index (χ3v) is 5.02. The Kier molecular flexibility index (Phi) is 5.60. The molecule has 6 heteroatoms. The molecule has 0 bridgehead atoms. The van der Waals surface area contributed by atoms with E-state index in [0.29, 0.717) is 24.3 Å². The molecule has 1 N–H and O–H groups in total. The summed E-state index contributed by atoms with van der Waals surface area (Å²) in [5, 5.41) is 11.1. The van der Waals surface area contributed by atoms with Crippen LogP contribution in [0.5, 0.6) is 11.5 Å². The van der Waals surface area contributed by atoms with E-state index in [9.17, 15) is 5.11 Å². The normalized spacial score (nSPS) is 17.4. The Morgan fingerprint density at radius 2 is 1.76 bits per heavy atom. The molecule has 0 aliphatic carbocycles. The van der Waals surface area contributed by atoms with Crippen molar-refractivity contribution in [2.24, 2.45) is 0 Å². The third-order valence-electron chi connectivity index (χ3n) is 5.02. The van der Waals surface area contributed by atoms with E-state index in [2.05, 4.69) is 14.5 Å². The van der Waals surface area contributed by atoms with E-state index in [1.165, 1.54) is 0 Å². The number of nitrogens with zero attached hydrogens (tertiary/aromatic N) is 3. The Morgan fingerprint density at radius 3 is 2.32 bits per heavy atom. The average Bonchev–Trinajstić information content (AvgIpc) is 3.16. The van der Waals surface area contributed by atoms with Crippen LogP contribution in [0.25, 0.3) is 0 Å². The number of imidazole rings is 1. The smallest absolute Gasteiger partial charge is 0.122 e. The molecule has 1 fully saturated rings. The number of likely N-dealkylation sites (tertiary alicyclic amines) is 1. The molecule has 0 amide bonds. The molecule has 136 valence electrons. The van der Waals surface area contributed by atoms with Crippen LogP contribution in [0.1, 0.15) is 24.8 Å². The number of aliphatic hydroxyl groups is 1. The van der Waals surface area contributed by atoms with E-state index in [-0.39, 0.29) is 0 Å². The van der Waals surface area contributed by atoms with Gasteiger partial charge in [-0.3, -0.25) is 0 Å². The Morgan fingerprint density at radius 1 is 1.08 bits per heavy atom. The summed E-state index contributed by atoms with van der Waals surface area (Å²) in [5.74, 6) is 1.43. The fourth-order valence-corrected chi connectivity index (χ4v) is 3.41. The standard InChI is InChI=1S/C19H27N3O3/c1-24-17-12-16(13-18(14-17)25-2)19(23)4-9-21(10-5-19)7-3-8-22-11-6-20-15-22/h6,11-15,23H,3-5,7-10H2,1-2H3. The van der Waals surface area contributed by atoms with Crippen molar-refractivity contribution in [2.75, 3.05) is 33.9 Å². The highest BCUT2D eigenvalue weighted by atomic mass is 16.5. The van der Waals surface area contributed by atoms with E-state index in [4.69, 9.17) is 9.47 Å². The summed E-state index contributed by atoms with van der Waals surface area (Å²) in [6.45, 7) is 3.80. The van der Waals surface area contributed by atoms with Crippen molar-refractivity contribution in [1.29, 1.82) is 0 Å². The van der Waals surface area contributed by atoms with Gasteiger partial charge in [0.2, 0.25) is 0 Å². The van der Waals surface area contributed by atoms with Crippen molar-refractivity contribution in [3.05, 3.63) is 42.5 Å². The zero-order valence-electron chi connectivity index (χ0n) is 15.0. The SMILES string of the molecule is COc1cc(OC)cc(C2(O)CCN(CCCn3ccnc3)CC2)c1. The fourth-order valence-electron chi connectivity index (χ4n) is 3.41. The van der Waals surface area contributed by atoms with Crippen LogP contribution < -0.4 is 9.47 Å². The molecule has 2 aromatic rings. The topological polar surface area (TPSA) is 59.8 Å². The molecule has 3 rings (SSSR count). The second-order valence-electron chi connectivity index (χ2n) is 6.63. The lowest BCUT2D eigenvalue weighted by atomic mass is 9.84. The van der Waals surface area contributed by atoms with Crippen molar-refractivity contribution in [3.63, 3.8) is 0 Å². The summed E-state index contributed by atoms with van der Waals surface area (Å²) in [4.78, 5) is 6.48. The number of aromatic nitrogens is 2. The van der Waals surface area contributed by atoms with Gasteiger partial charge in [-0.2, -0.15) is 0 Å². The van der Waals surface area contributed by atoms with Gasteiger partial charge in [0.1, 0.15) is 11.5 Å².